The van der Waals surface area contributed by atoms with Crippen LogP contribution in [0, 0.1) is 5.92 Å². The average molecular weight is 331 g/mol. The normalized spacial score (nSPS) is 15.1. The van der Waals surface area contributed by atoms with Gasteiger partial charge in [-0.25, -0.2) is 0 Å². The number of carbonyl (C=O) groups is 1. The van der Waals surface area contributed by atoms with Gasteiger partial charge in [0.1, 0.15) is 0 Å². The van der Waals surface area contributed by atoms with E-state index in [-0.39, 0.29) is 5.91 Å². The van der Waals surface area contributed by atoms with Gasteiger partial charge < -0.3 is 9.42 Å². The number of rotatable bonds is 5. The van der Waals surface area contributed by atoms with Gasteiger partial charge in [0.15, 0.2) is 0 Å². The van der Waals surface area contributed by atoms with Crippen molar-refractivity contribution in [1.29, 1.82) is 0 Å². The van der Waals surface area contributed by atoms with Crippen LogP contribution in [0.25, 0.3) is 16.3 Å². The molecule has 0 atom stereocenters. The summed E-state index contributed by atoms with van der Waals surface area (Å²) in [4.78, 5) is 19.5. The average Bonchev–Trinajstić information content (AvgIpc) is 3.23. The van der Waals surface area contributed by atoms with Gasteiger partial charge in [0, 0.05) is 25.1 Å². The number of amides is 1. The highest BCUT2D eigenvalue weighted by Crippen LogP contribution is 2.26. The summed E-state index contributed by atoms with van der Waals surface area (Å²) in [6, 6.07) is 3.94. The topological polar surface area (TPSA) is 59.2 Å². The van der Waals surface area contributed by atoms with E-state index in [0.29, 0.717) is 30.6 Å². The van der Waals surface area contributed by atoms with E-state index >= 15 is 0 Å². The Morgan fingerprint density at radius 1 is 1.48 bits per heavy atom. The summed E-state index contributed by atoms with van der Waals surface area (Å²) in [6.45, 7) is 5.63. The van der Waals surface area contributed by atoms with Crippen molar-refractivity contribution in [2.45, 2.75) is 33.1 Å². The van der Waals surface area contributed by atoms with Gasteiger partial charge in [-0.3, -0.25) is 4.79 Å². The minimum Gasteiger partial charge on any atom is -0.339 e. The molecular weight excluding hydrogens is 310 g/mol. The van der Waals surface area contributed by atoms with Gasteiger partial charge in [0.25, 0.3) is 5.89 Å². The van der Waals surface area contributed by atoms with Crippen LogP contribution in [-0.4, -0.2) is 34.0 Å². The highest BCUT2D eigenvalue weighted by atomic mass is 32.1. The third-order valence-electron chi connectivity index (χ3n) is 3.94. The third kappa shape index (κ3) is 3.88. The van der Waals surface area contributed by atoms with Crippen molar-refractivity contribution < 1.29 is 9.32 Å². The van der Waals surface area contributed by atoms with E-state index in [1.165, 1.54) is 0 Å². The summed E-state index contributed by atoms with van der Waals surface area (Å²) in [7, 11) is 0. The molecule has 0 N–H and O–H groups in total. The summed E-state index contributed by atoms with van der Waals surface area (Å²) in [5.41, 5.74) is 1.04. The molecule has 0 fully saturated rings. The lowest BCUT2D eigenvalue weighted by Crippen LogP contribution is -2.34. The quantitative estimate of drug-likeness (QED) is 0.835. The van der Waals surface area contributed by atoms with Crippen LogP contribution in [0.4, 0.5) is 0 Å². The maximum absolute atomic E-state index is 12.2. The highest BCUT2D eigenvalue weighted by molar-refractivity contribution is 7.13. The molecule has 1 aliphatic rings. The molecule has 0 aromatic carbocycles. The third-order valence-corrected chi connectivity index (χ3v) is 4.81. The van der Waals surface area contributed by atoms with Crippen molar-refractivity contribution in [3.05, 3.63) is 29.5 Å². The summed E-state index contributed by atoms with van der Waals surface area (Å²) in [5.74, 6) is 2.00. The fraction of sp³-hybridized carbons (Fsp3) is 0.471. The molecule has 0 saturated heterocycles. The van der Waals surface area contributed by atoms with Crippen LogP contribution >= 0.6 is 11.3 Å². The molecule has 0 saturated carbocycles. The number of hydrogen-bond acceptors (Lipinski definition) is 5. The molecule has 122 valence electrons. The molecule has 0 radical (unpaired) electrons. The fourth-order valence-corrected chi connectivity index (χ4v) is 3.17. The summed E-state index contributed by atoms with van der Waals surface area (Å²) >= 11 is 1.59. The first-order valence-electron chi connectivity index (χ1n) is 7.98. The van der Waals surface area contributed by atoms with Gasteiger partial charge in [-0.2, -0.15) is 4.98 Å². The molecule has 0 aliphatic carbocycles. The maximum atomic E-state index is 12.2. The minimum atomic E-state index is 0.235. The second-order valence-corrected chi connectivity index (χ2v) is 7.10. The molecular formula is C17H21N3O2S. The van der Waals surface area contributed by atoms with Crippen LogP contribution in [0.2, 0.25) is 0 Å². The van der Waals surface area contributed by atoms with E-state index in [2.05, 4.69) is 24.0 Å². The Hall–Kier alpha value is -1.95. The molecule has 1 aliphatic heterocycles. The highest BCUT2D eigenvalue weighted by Gasteiger charge is 2.21. The lowest BCUT2D eigenvalue weighted by molar-refractivity contribution is -0.131. The standard InChI is InChI=1S/C17H21N3O2S/c1-12(2)5-6-15(21)20-9-7-13(8-10-20)17-18-16(19-22-17)14-4-3-11-23-14/h3-4,7,11-12H,5-6,8-10H2,1-2H3. The minimum absolute atomic E-state index is 0.235. The lowest BCUT2D eigenvalue weighted by Gasteiger charge is -2.25. The van der Waals surface area contributed by atoms with E-state index in [0.717, 1.165) is 29.8 Å². The van der Waals surface area contributed by atoms with Crippen molar-refractivity contribution in [2.75, 3.05) is 13.1 Å². The Morgan fingerprint density at radius 3 is 3.00 bits per heavy atom. The number of hydrogen-bond donors (Lipinski definition) is 0. The molecule has 5 nitrogen and oxygen atoms in total. The number of thiophene rings is 1. The fourth-order valence-electron chi connectivity index (χ4n) is 2.52. The summed E-state index contributed by atoms with van der Waals surface area (Å²) in [5, 5.41) is 6.03. The first-order chi connectivity index (χ1) is 11.1. The molecule has 3 heterocycles. The van der Waals surface area contributed by atoms with Gasteiger partial charge in [0.2, 0.25) is 11.7 Å². The van der Waals surface area contributed by atoms with Crippen LogP contribution in [0.3, 0.4) is 0 Å². The Kier molecular flexibility index (Phi) is 4.91. The largest absolute Gasteiger partial charge is 0.339 e. The van der Waals surface area contributed by atoms with Crippen LogP contribution in [0.1, 0.15) is 39.0 Å². The Balaban J connectivity index is 1.62. The molecule has 6 heteroatoms. The lowest BCUT2D eigenvalue weighted by atomic mass is 10.1. The van der Waals surface area contributed by atoms with E-state index < -0.39 is 0 Å². The van der Waals surface area contributed by atoms with E-state index in [4.69, 9.17) is 4.52 Å². The summed E-state index contributed by atoms with van der Waals surface area (Å²) < 4.78 is 5.38. The van der Waals surface area contributed by atoms with E-state index in [1.807, 2.05) is 28.5 Å². The number of carbonyl (C=O) groups excluding carboxylic acids is 1. The second kappa shape index (κ2) is 7.08. The predicted octanol–water partition coefficient (Wildman–Crippen LogP) is 3.85. The molecule has 0 bridgehead atoms. The molecule has 0 unspecified atom stereocenters. The van der Waals surface area contributed by atoms with E-state index in [1.54, 1.807) is 11.3 Å². The second-order valence-electron chi connectivity index (χ2n) is 6.15. The first kappa shape index (κ1) is 15.9. The van der Waals surface area contributed by atoms with Crippen molar-refractivity contribution in [3.63, 3.8) is 0 Å². The van der Waals surface area contributed by atoms with Gasteiger partial charge in [-0.15, -0.1) is 11.3 Å². The predicted molar refractivity (Wildman–Crippen MR) is 90.9 cm³/mol. The van der Waals surface area contributed by atoms with Crippen molar-refractivity contribution >= 4 is 22.8 Å². The van der Waals surface area contributed by atoms with E-state index in [9.17, 15) is 4.79 Å². The zero-order chi connectivity index (χ0) is 16.2. The molecule has 1 amide bonds. The van der Waals surface area contributed by atoms with Crippen LogP contribution < -0.4 is 0 Å². The summed E-state index contributed by atoms with van der Waals surface area (Å²) in [6.07, 6.45) is 4.37. The van der Waals surface area contributed by atoms with Gasteiger partial charge in [0.05, 0.1) is 4.88 Å². The molecule has 3 rings (SSSR count). The van der Waals surface area contributed by atoms with Crippen LogP contribution in [0.5, 0.6) is 0 Å². The van der Waals surface area contributed by atoms with Crippen molar-refractivity contribution in [3.8, 4) is 10.7 Å². The SMILES string of the molecule is CC(C)CCC(=O)N1CC=C(c2nc(-c3cccs3)no2)CC1. The Labute approximate surface area is 140 Å². The van der Waals surface area contributed by atoms with Crippen molar-refractivity contribution in [2.24, 2.45) is 5.92 Å². The van der Waals surface area contributed by atoms with Crippen LogP contribution in [-0.2, 0) is 4.79 Å². The van der Waals surface area contributed by atoms with Gasteiger partial charge in [-0.1, -0.05) is 31.1 Å². The van der Waals surface area contributed by atoms with Crippen molar-refractivity contribution in [1.82, 2.24) is 15.0 Å². The zero-order valence-electron chi connectivity index (χ0n) is 13.5. The smallest absolute Gasteiger partial charge is 0.254 e. The molecule has 0 spiro atoms. The molecule has 2 aromatic rings. The van der Waals surface area contributed by atoms with Gasteiger partial charge in [-0.05, 0) is 30.2 Å². The zero-order valence-corrected chi connectivity index (χ0v) is 14.3. The molecule has 23 heavy (non-hydrogen) atoms. The Morgan fingerprint density at radius 2 is 2.35 bits per heavy atom. The molecule has 2 aromatic heterocycles. The number of nitrogens with zero attached hydrogens (tertiary/aromatic N) is 3. The Bertz CT molecular complexity index is 689. The maximum Gasteiger partial charge on any atom is 0.254 e. The van der Waals surface area contributed by atoms with Gasteiger partial charge >= 0.3 is 0 Å². The monoisotopic (exact) mass is 331 g/mol. The first-order valence-corrected chi connectivity index (χ1v) is 8.86. The number of aromatic nitrogens is 2. The van der Waals surface area contributed by atoms with Crippen LogP contribution in [0.15, 0.2) is 28.1 Å².